The van der Waals surface area contributed by atoms with Crippen molar-refractivity contribution in [3.8, 4) is 0 Å². The van der Waals surface area contributed by atoms with Crippen molar-refractivity contribution in [1.29, 1.82) is 0 Å². The Kier molecular flexibility index (Phi) is 6.04. The summed E-state index contributed by atoms with van der Waals surface area (Å²) < 4.78 is 4.92. The van der Waals surface area contributed by atoms with Gasteiger partial charge < -0.3 is 10.1 Å². The number of fused-ring (bicyclic) bond motifs is 1. The lowest BCUT2D eigenvalue weighted by molar-refractivity contribution is -0.115. The number of hydrogen-bond acceptors (Lipinski definition) is 7. The van der Waals surface area contributed by atoms with Gasteiger partial charge in [0, 0.05) is 29.4 Å². The molecule has 0 unspecified atom stereocenters. The molecule has 8 heteroatoms. The van der Waals surface area contributed by atoms with Crippen LogP contribution in [0.1, 0.15) is 40.1 Å². The number of ether oxygens (including phenoxy) is 1. The van der Waals surface area contributed by atoms with Gasteiger partial charge in [-0.2, -0.15) is 0 Å². The van der Waals surface area contributed by atoms with Gasteiger partial charge in [-0.25, -0.2) is 14.8 Å². The molecule has 1 N–H and O–H groups in total. The fraction of sp³-hybridized carbons (Fsp3) is 0.412. The predicted molar refractivity (Wildman–Crippen MR) is 98.3 cm³/mol. The molecule has 2 aromatic rings. The highest BCUT2D eigenvalue weighted by Crippen LogP contribution is 2.38. The van der Waals surface area contributed by atoms with Crippen LogP contribution in [0.25, 0.3) is 0 Å². The third-order valence-electron chi connectivity index (χ3n) is 3.92. The third-order valence-corrected chi connectivity index (χ3v) is 6.00. The van der Waals surface area contributed by atoms with E-state index in [4.69, 9.17) is 4.74 Å². The molecule has 0 bridgehead atoms. The van der Waals surface area contributed by atoms with Crippen molar-refractivity contribution in [2.45, 2.75) is 37.3 Å². The number of aromatic nitrogens is 2. The molecule has 3 rings (SSSR count). The summed E-state index contributed by atoms with van der Waals surface area (Å²) in [5, 5.41) is 4.16. The molecule has 0 saturated carbocycles. The zero-order chi connectivity index (χ0) is 17.6. The van der Waals surface area contributed by atoms with E-state index in [9.17, 15) is 9.59 Å². The molecule has 0 radical (unpaired) electrons. The van der Waals surface area contributed by atoms with E-state index in [1.807, 2.05) is 0 Å². The van der Waals surface area contributed by atoms with Crippen molar-refractivity contribution in [3.63, 3.8) is 0 Å². The minimum atomic E-state index is -0.373. The Morgan fingerprint density at radius 3 is 2.80 bits per heavy atom. The average molecular weight is 377 g/mol. The van der Waals surface area contributed by atoms with Crippen LogP contribution in [0.5, 0.6) is 0 Å². The summed E-state index contributed by atoms with van der Waals surface area (Å²) in [4.78, 5) is 33.8. The van der Waals surface area contributed by atoms with Crippen molar-refractivity contribution in [1.82, 2.24) is 9.97 Å². The normalized spacial score (nSPS) is 13.2. The molecule has 2 aromatic heterocycles. The minimum Gasteiger partial charge on any atom is -0.465 e. The summed E-state index contributed by atoms with van der Waals surface area (Å²) in [7, 11) is 1.37. The SMILES string of the molecule is COC(=O)c1c(NC(=O)CCSc2ncccn2)sc2c1CCCC2. The maximum absolute atomic E-state index is 12.3. The van der Waals surface area contributed by atoms with Crippen LogP contribution in [0, 0.1) is 0 Å². The Balaban J connectivity index is 1.64. The maximum Gasteiger partial charge on any atom is 0.341 e. The summed E-state index contributed by atoms with van der Waals surface area (Å²) in [6.07, 6.45) is 7.69. The minimum absolute atomic E-state index is 0.118. The molecule has 6 nitrogen and oxygen atoms in total. The van der Waals surface area contributed by atoms with E-state index in [-0.39, 0.29) is 11.9 Å². The van der Waals surface area contributed by atoms with Gasteiger partial charge in [-0.3, -0.25) is 4.79 Å². The maximum atomic E-state index is 12.3. The highest BCUT2D eigenvalue weighted by atomic mass is 32.2. The molecule has 0 aromatic carbocycles. The van der Waals surface area contributed by atoms with Gasteiger partial charge in [0.15, 0.2) is 5.16 Å². The van der Waals surface area contributed by atoms with E-state index in [1.165, 1.54) is 35.1 Å². The highest BCUT2D eigenvalue weighted by molar-refractivity contribution is 7.99. The van der Waals surface area contributed by atoms with Gasteiger partial charge in [0.1, 0.15) is 5.00 Å². The standard InChI is InChI=1S/C17H19N3O3S2/c1-23-16(22)14-11-5-2-3-6-12(11)25-15(14)20-13(21)7-10-24-17-18-8-4-9-19-17/h4,8-9H,2-3,5-7,10H2,1H3,(H,20,21). The van der Waals surface area contributed by atoms with Gasteiger partial charge >= 0.3 is 5.97 Å². The Labute approximate surface area is 154 Å². The van der Waals surface area contributed by atoms with E-state index in [0.29, 0.717) is 27.9 Å². The van der Waals surface area contributed by atoms with E-state index in [1.54, 1.807) is 18.5 Å². The fourth-order valence-electron chi connectivity index (χ4n) is 2.76. The number of aryl methyl sites for hydroxylation is 1. The van der Waals surface area contributed by atoms with Crippen LogP contribution in [0.4, 0.5) is 5.00 Å². The van der Waals surface area contributed by atoms with E-state index in [0.717, 1.165) is 31.2 Å². The van der Waals surface area contributed by atoms with Crippen molar-refractivity contribution in [2.75, 3.05) is 18.2 Å². The topological polar surface area (TPSA) is 81.2 Å². The number of carbonyl (C=O) groups is 2. The van der Waals surface area contributed by atoms with Crippen LogP contribution < -0.4 is 5.32 Å². The Bertz CT molecular complexity index is 762. The van der Waals surface area contributed by atoms with Gasteiger partial charge in [0.25, 0.3) is 0 Å². The lowest BCUT2D eigenvalue weighted by Gasteiger charge is -2.11. The van der Waals surface area contributed by atoms with Crippen LogP contribution in [-0.2, 0) is 22.4 Å². The molecule has 1 aliphatic carbocycles. The van der Waals surface area contributed by atoms with Crippen LogP contribution in [0.3, 0.4) is 0 Å². The second kappa shape index (κ2) is 8.44. The zero-order valence-corrected chi connectivity index (χ0v) is 15.5. The van der Waals surface area contributed by atoms with Gasteiger partial charge in [-0.05, 0) is 37.3 Å². The van der Waals surface area contributed by atoms with Gasteiger partial charge in [-0.1, -0.05) is 11.8 Å². The Morgan fingerprint density at radius 1 is 1.28 bits per heavy atom. The first-order valence-electron chi connectivity index (χ1n) is 8.11. The number of hydrogen-bond donors (Lipinski definition) is 1. The molecule has 25 heavy (non-hydrogen) atoms. The Morgan fingerprint density at radius 2 is 2.04 bits per heavy atom. The summed E-state index contributed by atoms with van der Waals surface area (Å²) in [6.45, 7) is 0. The number of rotatable bonds is 6. The lowest BCUT2D eigenvalue weighted by Crippen LogP contribution is -2.15. The first kappa shape index (κ1) is 17.9. The van der Waals surface area contributed by atoms with Gasteiger partial charge in [0.2, 0.25) is 5.91 Å². The van der Waals surface area contributed by atoms with Crippen molar-refractivity contribution in [3.05, 3.63) is 34.5 Å². The predicted octanol–water partition coefficient (Wildman–Crippen LogP) is 3.32. The number of methoxy groups -OCH3 is 1. The number of esters is 1. The second-order valence-electron chi connectivity index (χ2n) is 5.58. The lowest BCUT2D eigenvalue weighted by atomic mass is 9.95. The van der Waals surface area contributed by atoms with Crippen molar-refractivity contribution < 1.29 is 14.3 Å². The van der Waals surface area contributed by atoms with E-state index >= 15 is 0 Å². The van der Waals surface area contributed by atoms with Crippen LogP contribution in [0.15, 0.2) is 23.6 Å². The number of carbonyl (C=O) groups excluding carboxylic acids is 2. The molecule has 0 spiro atoms. The fourth-order valence-corrected chi connectivity index (χ4v) is 4.79. The van der Waals surface area contributed by atoms with Crippen molar-refractivity contribution in [2.24, 2.45) is 0 Å². The first-order valence-corrected chi connectivity index (χ1v) is 9.91. The highest BCUT2D eigenvalue weighted by Gasteiger charge is 2.26. The van der Waals surface area contributed by atoms with Gasteiger partial charge in [0.05, 0.1) is 12.7 Å². The molecule has 0 fully saturated rings. The quantitative estimate of drug-likeness (QED) is 0.472. The smallest absolute Gasteiger partial charge is 0.341 e. The summed E-state index contributed by atoms with van der Waals surface area (Å²) in [5.74, 6) is 0.0862. The van der Waals surface area contributed by atoms with E-state index < -0.39 is 0 Å². The molecule has 1 amide bonds. The largest absolute Gasteiger partial charge is 0.465 e. The average Bonchev–Trinajstić information content (AvgIpc) is 2.99. The number of thiophene rings is 1. The second-order valence-corrected chi connectivity index (χ2v) is 7.75. The number of amides is 1. The van der Waals surface area contributed by atoms with Crippen LogP contribution >= 0.6 is 23.1 Å². The monoisotopic (exact) mass is 377 g/mol. The Hall–Kier alpha value is -1.93. The molecule has 0 aliphatic heterocycles. The van der Waals surface area contributed by atoms with Crippen LogP contribution in [0.2, 0.25) is 0 Å². The number of nitrogens with one attached hydrogen (secondary N) is 1. The summed E-state index contributed by atoms with van der Waals surface area (Å²) in [6, 6.07) is 1.75. The molecule has 132 valence electrons. The van der Waals surface area contributed by atoms with Gasteiger partial charge in [-0.15, -0.1) is 11.3 Å². The number of thioether (sulfide) groups is 1. The number of anilines is 1. The zero-order valence-electron chi connectivity index (χ0n) is 13.9. The first-order chi connectivity index (χ1) is 12.2. The van der Waals surface area contributed by atoms with Crippen LogP contribution in [-0.4, -0.2) is 34.7 Å². The molecule has 2 heterocycles. The summed E-state index contributed by atoms with van der Waals surface area (Å²) in [5.41, 5.74) is 1.58. The summed E-state index contributed by atoms with van der Waals surface area (Å²) >= 11 is 2.93. The van der Waals surface area contributed by atoms with Crippen molar-refractivity contribution >= 4 is 40.0 Å². The molecule has 0 atom stereocenters. The number of nitrogens with zero attached hydrogens (tertiary/aromatic N) is 2. The van der Waals surface area contributed by atoms with E-state index in [2.05, 4.69) is 15.3 Å². The third kappa shape index (κ3) is 4.38. The molecular weight excluding hydrogens is 358 g/mol. The molecular formula is C17H19N3O3S2. The molecule has 0 saturated heterocycles. The molecule has 1 aliphatic rings.